The Hall–Kier alpha value is -1.91. The molecular weight excluding hydrogens is 307 g/mol. The first-order valence-electron chi connectivity index (χ1n) is 9.30. The molecule has 1 N–H and O–H groups in total. The van der Waals surface area contributed by atoms with E-state index in [1.54, 1.807) is 0 Å². The second-order valence-corrected chi connectivity index (χ2v) is 7.38. The number of fused-ring (bicyclic) bond motifs is 2. The lowest BCUT2D eigenvalue weighted by atomic mass is 9.73. The van der Waals surface area contributed by atoms with E-state index in [9.17, 15) is 5.02 Å². The van der Waals surface area contributed by atoms with Crippen molar-refractivity contribution in [2.75, 3.05) is 13.1 Å². The monoisotopic (exact) mass is 332 g/mol. The molecule has 128 valence electrons. The fourth-order valence-electron chi connectivity index (χ4n) is 4.49. The maximum Gasteiger partial charge on any atom is 0.376 e. The summed E-state index contributed by atoms with van der Waals surface area (Å²) in [5.41, 5.74) is 6.51. The van der Waals surface area contributed by atoms with Gasteiger partial charge in [-0.25, -0.2) is 0 Å². The molecule has 0 bridgehead atoms. The molecular formula is C21H25BN2O. The fourth-order valence-corrected chi connectivity index (χ4v) is 4.49. The number of piperidine rings is 1. The van der Waals surface area contributed by atoms with Crippen molar-refractivity contribution in [3.05, 3.63) is 65.0 Å². The minimum atomic E-state index is -0.350. The average Bonchev–Trinajstić information content (AvgIpc) is 2.76. The highest BCUT2D eigenvalue weighted by Crippen LogP contribution is 2.43. The molecule has 3 nitrogen and oxygen atoms in total. The summed E-state index contributed by atoms with van der Waals surface area (Å²) >= 11 is 0. The van der Waals surface area contributed by atoms with Crippen LogP contribution in [0, 0.1) is 5.92 Å². The van der Waals surface area contributed by atoms with Crippen LogP contribution in [0.4, 0.5) is 0 Å². The summed E-state index contributed by atoms with van der Waals surface area (Å²) in [5.74, 6) is 0.890. The van der Waals surface area contributed by atoms with Crippen LogP contribution in [0.3, 0.4) is 0 Å². The first-order valence-corrected chi connectivity index (χ1v) is 9.30. The summed E-state index contributed by atoms with van der Waals surface area (Å²) < 4.78 is 0. The van der Waals surface area contributed by atoms with Gasteiger partial charge in [0, 0.05) is 12.1 Å². The quantitative estimate of drug-likeness (QED) is 0.847. The van der Waals surface area contributed by atoms with Gasteiger partial charge in [-0.1, -0.05) is 36.4 Å². The number of aromatic nitrogens is 1. The molecule has 0 saturated carbocycles. The third kappa shape index (κ3) is 3.05. The smallest absolute Gasteiger partial charge is 0.376 e. The van der Waals surface area contributed by atoms with Crippen molar-refractivity contribution < 1.29 is 5.02 Å². The molecule has 1 saturated heterocycles. The van der Waals surface area contributed by atoms with Gasteiger partial charge < -0.3 is 9.83 Å². The van der Waals surface area contributed by atoms with Crippen molar-refractivity contribution in [3.8, 4) is 0 Å². The Kier molecular flexibility index (Phi) is 4.49. The fraction of sp³-hybridized carbons (Fsp3) is 0.381. The maximum atomic E-state index is 9.87. The number of rotatable bonds is 2. The van der Waals surface area contributed by atoms with E-state index in [2.05, 4.69) is 48.1 Å². The molecule has 1 fully saturated rings. The standard InChI is InChI=1S/C21H25BN2O/c1-15-14-17-6-3-4-7-19(17)20(21-18(15)8-5-11-23-21)16-9-12-24(13-10-16)22(2)25/h3-8,11,14,16,20,25H,9-10,12-13H2,1-2H3. The Bertz CT molecular complexity index is 794. The molecule has 1 aliphatic carbocycles. The van der Waals surface area contributed by atoms with Crippen molar-refractivity contribution in [2.45, 2.75) is 32.5 Å². The third-order valence-corrected chi connectivity index (χ3v) is 5.84. The van der Waals surface area contributed by atoms with E-state index in [1.165, 1.54) is 28.0 Å². The molecule has 4 heteroatoms. The van der Waals surface area contributed by atoms with E-state index < -0.39 is 0 Å². The zero-order chi connectivity index (χ0) is 17.4. The van der Waals surface area contributed by atoms with Crippen LogP contribution >= 0.6 is 0 Å². The number of benzene rings is 1. The van der Waals surface area contributed by atoms with Gasteiger partial charge in [0.1, 0.15) is 0 Å². The minimum Gasteiger partial charge on any atom is -0.437 e. The highest BCUT2D eigenvalue weighted by molar-refractivity contribution is 6.45. The molecule has 0 spiro atoms. The van der Waals surface area contributed by atoms with Crippen molar-refractivity contribution in [3.63, 3.8) is 0 Å². The highest BCUT2D eigenvalue weighted by atomic mass is 16.2. The summed E-state index contributed by atoms with van der Waals surface area (Å²) in [7, 11) is -0.350. The zero-order valence-corrected chi connectivity index (χ0v) is 15.0. The van der Waals surface area contributed by atoms with E-state index >= 15 is 0 Å². The van der Waals surface area contributed by atoms with Crippen molar-refractivity contribution in [1.82, 2.24) is 9.79 Å². The van der Waals surface area contributed by atoms with Crippen LogP contribution in [0.15, 0.2) is 42.6 Å². The molecule has 25 heavy (non-hydrogen) atoms. The lowest BCUT2D eigenvalue weighted by Gasteiger charge is -2.37. The molecule has 1 unspecified atom stereocenters. The van der Waals surface area contributed by atoms with E-state index in [0.29, 0.717) is 11.8 Å². The van der Waals surface area contributed by atoms with Crippen LogP contribution in [-0.4, -0.2) is 35.0 Å². The van der Waals surface area contributed by atoms with Crippen LogP contribution in [0.25, 0.3) is 11.6 Å². The molecule has 0 radical (unpaired) electrons. The van der Waals surface area contributed by atoms with E-state index in [4.69, 9.17) is 4.98 Å². The first-order chi connectivity index (χ1) is 12.1. The molecule has 1 aromatic heterocycles. The highest BCUT2D eigenvalue weighted by Gasteiger charge is 2.34. The van der Waals surface area contributed by atoms with Gasteiger partial charge in [-0.2, -0.15) is 0 Å². The molecule has 1 aromatic carbocycles. The summed E-state index contributed by atoms with van der Waals surface area (Å²) in [5, 5.41) is 9.87. The lowest BCUT2D eigenvalue weighted by molar-refractivity contribution is 0.235. The molecule has 2 heterocycles. The Labute approximate surface area is 150 Å². The van der Waals surface area contributed by atoms with Gasteiger partial charge in [0.15, 0.2) is 0 Å². The van der Waals surface area contributed by atoms with Crippen LogP contribution in [0.1, 0.15) is 48.1 Å². The van der Waals surface area contributed by atoms with Gasteiger partial charge >= 0.3 is 7.05 Å². The van der Waals surface area contributed by atoms with Gasteiger partial charge in [-0.15, -0.1) is 0 Å². The normalized spacial score (nSPS) is 21.1. The molecule has 0 amide bonds. The van der Waals surface area contributed by atoms with Crippen molar-refractivity contribution in [1.29, 1.82) is 0 Å². The second kappa shape index (κ2) is 6.78. The molecule has 4 rings (SSSR count). The number of nitrogens with zero attached hydrogens (tertiary/aromatic N) is 2. The summed E-state index contributed by atoms with van der Waals surface area (Å²) in [6, 6.07) is 13.0. The van der Waals surface area contributed by atoms with Crippen molar-refractivity contribution >= 4 is 18.7 Å². The van der Waals surface area contributed by atoms with E-state index in [-0.39, 0.29) is 7.05 Å². The Morgan fingerprint density at radius 1 is 1.12 bits per heavy atom. The summed E-state index contributed by atoms with van der Waals surface area (Å²) in [4.78, 5) is 7.00. The van der Waals surface area contributed by atoms with Gasteiger partial charge in [-0.05, 0) is 73.9 Å². The zero-order valence-electron chi connectivity index (χ0n) is 15.0. The SMILES string of the molecule is CB(O)N1CCC(C2c3ccccc3C=C(C)c3cccnc32)CC1. The Balaban J connectivity index is 1.77. The molecule has 1 aliphatic heterocycles. The minimum absolute atomic E-state index is 0.331. The lowest BCUT2D eigenvalue weighted by Crippen LogP contribution is -2.44. The largest absolute Gasteiger partial charge is 0.437 e. The summed E-state index contributed by atoms with van der Waals surface area (Å²) in [6.07, 6.45) is 6.43. The molecule has 1 atom stereocenters. The second-order valence-electron chi connectivity index (χ2n) is 7.38. The molecule has 2 aliphatic rings. The Morgan fingerprint density at radius 3 is 2.64 bits per heavy atom. The van der Waals surface area contributed by atoms with Gasteiger partial charge in [0.05, 0.1) is 5.69 Å². The average molecular weight is 332 g/mol. The van der Waals surface area contributed by atoms with Gasteiger partial charge in [-0.3, -0.25) is 4.98 Å². The number of hydrogen-bond donors (Lipinski definition) is 1. The molecule has 2 aromatic rings. The number of pyridine rings is 1. The number of allylic oxidation sites excluding steroid dienone is 1. The van der Waals surface area contributed by atoms with Crippen molar-refractivity contribution in [2.24, 2.45) is 5.92 Å². The van der Waals surface area contributed by atoms with Crippen LogP contribution in [0.2, 0.25) is 6.82 Å². The summed E-state index contributed by atoms with van der Waals surface area (Å²) in [6.45, 7) is 5.96. The topological polar surface area (TPSA) is 36.4 Å². The predicted octanol–water partition coefficient (Wildman–Crippen LogP) is 3.91. The first kappa shape index (κ1) is 16.6. The van der Waals surface area contributed by atoms with Crippen LogP contribution in [0.5, 0.6) is 0 Å². The van der Waals surface area contributed by atoms with Crippen LogP contribution in [-0.2, 0) is 0 Å². The van der Waals surface area contributed by atoms with E-state index in [1.807, 2.05) is 19.1 Å². The maximum absolute atomic E-state index is 9.87. The van der Waals surface area contributed by atoms with E-state index in [0.717, 1.165) is 25.9 Å². The van der Waals surface area contributed by atoms with Gasteiger partial charge in [0.25, 0.3) is 0 Å². The third-order valence-electron chi connectivity index (χ3n) is 5.84. The Morgan fingerprint density at radius 2 is 1.88 bits per heavy atom. The van der Waals surface area contributed by atoms with Gasteiger partial charge in [0.2, 0.25) is 0 Å². The number of hydrogen-bond acceptors (Lipinski definition) is 3. The predicted molar refractivity (Wildman–Crippen MR) is 104 cm³/mol. The van der Waals surface area contributed by atoms with Crippen LogP contribution < -0.4 is 0 Å².